The molecule has 4 aliphatic rings. The Hall–Kier alpha value is -7.32. The number of likely N-dealkylation sites (N-methyl/N-ethyl adjacent to an activating group) is 1. The van der Waals surface area contributed by atoms with E-state index in [4.69, 9.17) is 14.2 Å². The third kappa shape index (κ3) is 21.3. The number of amides is 7. The monoisotopic (exact) mass is 1310 g/mol. The predicted octanol–water partition coefficient (Wildman–Crippen LogP) is 8.54. The summed E-state index contributed by atoms with van der Waals surface area (Å²) in [6, 6.07) is 33.9. The molecule has 95 heavy (non-hydrogen) atoms. The third-order valence-electron chi connectivity index (χ3n) is 20.0. The van der Waals surface area contributed by atoms with E-state index in [2.05, 4.69) is 31.9 Å². The van der Waals surface area contributed by atoms with Crippen LogP contribution in [0.4, 0.5) is 0 Å². The Morgan fingerprint density at radius 2 is 0.853 bits per heavy atom. The standard InChI is InChI=1S/C76H106N8O11/c1-5-53(2)70(86)80-67(60-38-22-11-23-39-60)76(92)84-45-25-41-63(84)72(88)82-69(66(58-34-18-9-19-35-58)59-36-20-10-21-37-59)74(90)79-43-27-47-94-49-51-95-50-48-93-46-26-42-78-73(89)68(65(56-30-14-7-15-31-56)57-32-16-8-17-33-57)81-71(87)62-40-24-44-83(62)75(91)61(52-64(85)54(3)77-4)55-28-12-6-13-29-55/h7-10,14-21,30-37,53-55,60-63,65-69,77H,5-6,11-13,22-29,38-52H2,1-4H3,(H,78,89)(H,79,90)(H,80,86)(H,81,87)(H,82,88)/t53-,54-,61+,62+,63+,67+,68+,69+/m1/s1. The van der Waals surface area contributed by atoms with Crippen LogP contribution in [0.5, 0.6) is 0 Å². The Labute approximate surface area is 563 Å². The van der Waals surface area contributed by atoms with Gasteiger partial charge in [0.25, 0.3) is 0 Å². The van der Waals surface area contributed by atoms with Crippen LogP contribution in [0.25, 0.3) is 0 Å². The van der Waals surface area contributed by atoms with Crippen LogP contribution in [0.1, 0.15) is 170 Å². The molecule has 4 aromatic rings. The first kappa shape index (κ1) is 73.5. The van der Waals surface area contributed by atoms with Crippen LogP contribution in [0.2, 0.25) is 0 Å². The van der Waals surface area contributed by atoms with Crippen molar-refractivity contribution in [2.75, 3.05) is 72.9 Å². The predicted molar refractivity (Wildman–Crippen MR) is 367 cm³/mol. The zero-order chi connectivity index (χ0) is 67.3. The molecule has 2 aliphatic carbocycles. The van der Waals surface area contributed by atoms with Gasteiger partial charge in [0, 0.05) is 69.5 Å². The number of carbonyl (C=O) groups excluding carboxylic acids is 8. The first-order valence-electron chi connectivity index (χ1n) is 35.5. The highest BCUT2D eigenvalue weighted by Gasteiger charge is 2.45. The molecule has 19 nitrogen and oxygen atoms in total. The van der Waals surface area contributed by atoms with Gasteiger partial charge >= 0.3 is 0 Å². The fraction of sp³-hybridized carbons (Fsp3) is 0.579. The van der Waals surface area contributed by atoms with Crippen molar-refractivity contribution in [3.8, 4) is 0 Å². The molecule has 2 aliphatic heterocycles. The Morgan fingerprint density at radius 1 is 0.463 bits per heavy atom. The van der Waals surface area contributed by atoms with Crippen molar-refractivity contribution >= 4 is 47.1 Å². The van der Waals surface area contributed by atoms with Crippen molar-refractivity contribution in [3.63, 3.8) is 0 Å². The van der Waals surface area contributed by atoms with Crippen LogP contribution in [-0.2, 0) is 52.6 Å². The Bertz CT molecular complexity index is 2740. The lowest BCUT2D eigenvalue weighted by Crippen LogP contribution is -2.59. The highest BCUT2D eigenvalue weighted by Crippen LogP contribution is 2.37. The van der Waals surface area contributed by atoms with Crippen molar-refractivity contribution in [3.05, 3.63) is 144 Å². The molecule has 2 saturated heterocycles. The summed E-state index contributed by atoms with van der Waals surface area (Å²) in [4.78, 5) is 118. The second-order valence-electron chi connectivity index (χ2n) is 26.5. The number of rotatable bonds is 37. The number of nitrogens with one attached hydrogen (secondary N) is 6. The minimum Gasteiger partial charge on any atom is -0.379 e. The molecule has 8 atom stereocenters. The van der Waals surface area contributed by atoms with Crippen molar-refractivity contribution in [2.24, 2.45) is 23.7 Å². The van der Waals surface area contributed by atoms with E-state index >= 15 is 0 Å². The summed E-state index contributed by atoms with van der Waals surface area (Å²) in [6.07, 6.45) is 13.6. The largest absolute Gasteiger partial charge is 0.379 e. The van der Waals surface area contributed by atoms with Crippen LogP contribution >= 0.6 is 0 Å². The van der Waals surface area contributed by atoms with Gasteiger partial charge < -0.3 is 55.9 Å². The van der Waals surface area contributed by atoms with Crippen molar-refractivity contribution in [1.82, 2.24) is 41.7 Å². The summed E-state index contributed by atoms with van der Waals surface area (Å²) in [6.45, 7) is 8.98. The van der Waals surface area contributed by atoms with Gasteiger partial charge in [0.2, 0.25) is 41.4 Å². The van der Waals surface area contributed by atoms with Gasteiger partial charge in [-0.15, -0.1) is 0 Å². The molecular weight excluding hydrogens is 1200 g/mol. The smallest absolute Gasteiger partial charge is 0.246 e. The Morgan fingerprint density at radius 3 is 1.25 bits per heavy atom. The number of hydrogen-bond acceptors (Lipinski definition) is 12. The van der Waals surface area contributed by atoms with Crippen LogP contribution in [0.15, 0.2) is 121 Å². The summed E-state index contributed by atoms with van der Waals surface area (Å²) < 4.78 is 17.6. The average molecular weight is 1310 g/mol. The van der Waals surface area contributed by atoms with Crippen molar-refractivity contribution in [1.29, 1.82) is 0 Å². The minimum atomic E-state index is -1.03. The van der Waals surface area contributed by atoms with Gasteiger partial charge in [-0.3, -0.25) is 38.4 Å². The van der Waals surface area contributed by atoms with Gasteiger partial charge in [0.1, 0.15) is 36.0 Å². The number of ketones is 1. The molecule has 4 fully saturated rings. The SMILES string of the molecule is CC[C@@H](C)C(=O)N[C@H](C(=O)N1CCC[C@H]1C(=O)N[C@H](C(=O)NCCCOCCOCCOCCCNC(=O)[C@@H](NC(=O)[C@@H]1CCCN1C(=O)[C@@H](CC(=O)[C@@H](C)NC)C1CCCCC1)C(c1ccccc1)c1ccccc1)C(c1ccccc1)c1ccccc1)C1CCCCC1. The molecule has 19 heteroatoms. The van der Waals surface area contributed by atoms with Crippen LogP contribution in [-0.4, -0.2) is 166 Å². The van der Waals surface area contributed by atoms with E-state index in [1.807, 2.05) is 142 Å². The van der Waals surface area contributed by atoms with E-state index in [0.717, 1.165) is 86.5 Å². The average Bonchev–Trinajstić information content (AvgIpc) is 1.82. The lowest BCUT2D eigenvalue weighted by atomic mass is 9.76. The lowest BCUT2D eigenvalue weighted by Gasteiger charge is -2.36. The second kappa shape index (κ2) is 39.0. The molecule has 2 heterocycles. The summed E-state index contributed by atoms with van der Waals surface area (Å²) in [5, 5.41) is 18.6. The van der Waals surface area contributed by atoms with Gasteiger partial charge in [-0.25, -0.2) is 0 Å². The van der Waals surface area contributed by atoms with Gasteiger partial charge in [-0.05, 0) is 119 Å². The molecule has 0 radical (unpaired) electrons. The van der Waals surface area contributed by atoms with E-state index in [1.54, 1.807) is 16.8 Å². The van der Waals surface area contributed by atoms with Gasteiger partial charge in [0.15, 0.2) is 0 Å². The number of nitrogens with zero attached hydrogens (tertiary/aromatic N) is 2. The highest BCUT2D eigenvalue weighted by molar-refractivity contribution is 5.97. The Balaban J connectivity index is 0.792. The lowest BCUT2D eigenvalue weighted by molar-refractivity contribution is -0.145. The number of hydrogen-bond donors (Lipinski definition) is 6. The molecule has 0 spiro atoms. The topological polar surface area (TPSA) is 243 Å². The fourth-order valence-electron chi connectivity index (χ4n) is 14.3. The number of benzene rings is 4. The summed E-state index contributed by atoms with van der Waals surface area (Å²) >= 11 is 0. The molecular formula is C76H106N8O11. The van der Waals surface area contributed by atoms with Crippen molar-refractivity contribution < 1.29 is 52.6 Å². The van der Waals surface area contributed by atoms with Gasteiger partial charge in [0.05, 0.1) is 32.5 Å². The van der Waals surface area contributed by atoms with Gasteiger partial charge in [-0.2, -0.15) is 0 Å². The first-order chi connectivity index (χ1) is 46.3. The van der Waals surface area contributed by atoms with E-state index in [0.29, 0.717) is 97.7 Å². The summed E-state index contributed by atoms with van der Waals surface area (Å²) in [7, 11) is 1.74. The minimum absolute atomic E-state index is 0.0102. The zero-order valence-electron chi connectivity index (χ0n) is 56.7. The van der Waals surface area contributed by atoms with E-state index in [-0.39, 0.29) is 84.5 Å². The summed E-state index contributed by atoms with van der Waals surface area (Å²) in [5.41, 5.74) is 3.39. The normalized spacial score (nSPS) is 18.9. The number of carbonyl (C=O) groups is 8. The number of ether oxygens (including phenoxy) is 3. The van der Waals surface area contributed by atoms with Crippen LogP contribution in [0.3, 0.4) is 0 Å². The highest BCUT2D eigenvalue weighted by atomic mass is 16.5. The number of likely N-dealkylation sites (tertiary alicyclic amines) is 2. The molecule has 2 saturated carbocycles. The Kier molecular flexibility index (Phi) is 30.2. The molecule has 0 bridgehead atoms. The maximum Gasteiger partial charge on any atom is 0.246 e. The quantitative estimate of drug-likeness (QED) is 0.0233. The van der Waals surface area contributed by atoms with E-state index < -0.39 is 53.9 Å². The summed E-state index contributed by atoms with van der Waals surface area (Å²) in [5.74, 6) is -3.85. The fourth-order valence-corrected chi connectivity index (χ4v) is 14.3. The van der Waals surface area contributed by atoms with E-state index in [9.17, 15) is 38.4 Å². The van der Waals surface area contributed by atoms with Crippen molar-refractivity contribution in [2.45, 2.75) is 184 Å². The molecule has 0 unspecified atom stereocenters. The molecule has 6 N–H and O–H groups in total. The van der Waals surface area contributed by atoms with Gasteiger partial charge in [-0.1, -0.05) is 174 Å². The molecule has 7 amide bonds. The maximum atomic E-state index is 14.7. The molecule has 4 aromatic carbocycles. The molecule has 0 aromatic heterocycles. The second-order valence-corrected chi connectivity index (χ2v) is 26.5. The van der Waals surface area contributed by atoms with E-state index in [1.165, 1.54) is 0 Å². The van der Waals surface area contributed by atoms with Crippen LogP contribution in [0, 0.1) is 23.7 Å². The molecule has 516 valence electrons. The molecule has 8 rings (SSSR count). The zero-order valence-corrected chi connectivity index (χ0v) is 56.7. The first-order valence-corrected chi connectivity index (χ1v) is 35.5. The van der Waals surface area contributed by atoms with Crippen LogP contribution < -0.4 is 31.9 Å². The number of Topliss-reactive ketones (excluding diaryl/α,β-unsaturated/α-hetero) is 1. The third-order valence-corrected chi connectivity index (χ3v) is 20.0. The maximum absolute atomic E-state index is 14.7.